The molecular weight excluding hydrogens is 293 g/mol. The first-order chi connectivity index (χ1) is 10.5. The zero-order valence-corrected chi connectivity index (χ0v) is 11.6. The first-order valence-electron chi connectivity index (χ1n) is 6.21. The van der Waals surface area contributed by atoms with E-state index in [1.54, 1.807) is 12.1 Å². The van der Waals surface area contributed by atoms with Crippen LogP contribution in [0.4, 0.5) is 4.39 Å². The van der Waals surface area contributed by atoms with Crippen LogP contribution in [-0.4, -0.2) is 29.0 Å². The number of nitrogens with zero attached hydrogens (tertiary/aromatic N) is 1. The lowest BCUT2D eigenvalue weighted by Gasteiger charge is -2.01. The van der Waals surface area contributed by atoms with E-state index in [1.807, 2.05) is 0 Å². The lowest BCUT2D eigenvalue weighted by molar-refractivity contribution is -0.149. The van der Waals surface area contributed by atoms with Gasteiger partial charge in [0.15, 0.2) is 6.39 Å². The summed E-state index contributed by atoms with van der Waals surface area (Å²) in [6.45, 7) is 0. The van der Waals surface area contributed by atoms with Gasteiger partial charge in [0.05, 0.1) is 7.11 Å². The number of benzene rings is 1. The predicted molar refractivity (Wildman–Crippen MR) is 73.3 cm³/mol. The van der Waals surface area contributed by atoms with Crippen molar-refractivity contribution in [3.63, 3.8) is 0 Å². The van der Waals surface area contributed by atoms with E-state index in [2.05, 4.69) is 9.72 Å². The first-order valence-corrected chi connectivity index (χ1v) is 6.21. The Balaban J connectivity index is 2.22. The van der Waals surface area contributed by atoms with Crippen molar-refractivity contribution in [2.75, 3.05) is 7.11 Å². The van der Waals surface area contributed by atoms with E-state index in [9.17, 15) is 19.1 Å². The Bertz CT molecular complexity index is 718. The molecule has 1 N–H and O–H groups in total. The van der Waals surface area contributed by atoms with E-state index in [4.69, 9.17) is 4.42 Å². The lowest BCUT2D eigenvalue weighted by Crippen LogP contribution is -2.13. The van der Waals surface area contributed by atoms with Crippen molar-refractivity contribution in [2.24, 2.45) is 0 Å². The molecule has 2 aromatic rings. The molecule has 0 bridgehead atoms. The maximum atomic E-state index is 12.9. The average molecular weight is 305 g/mol. The zero-order valence-electron chi connectivity index (χ0n) is 11.6. The third-order valence-corrected chi connectivity index (χ3v) is 2.82. The van der Waals surface area contributed by atoms with Crippen molar-refractivity contribution in [1.29, 1.82) is 0 Å². The monoisotopic (exact) mass is 305 g/mol. The highest BCUT2D eigenvalue weighted by Crippen LogP contribution is 2.19. The molecule has 0 aliphatic carbocycles. The highest BCUT2D eigenvalue weighted by atomic mass is 19.1. The molecule has 0 saturated carbocycles. The molecule has 22 heavy (non-hydrogen) atoms. The Morgan fingerprint density at radius 1 is 1.36 bits per heavy atom. The van der Waals surface area contributed by atoms with E-state index < -0.39 is 17.5 Å². The molecule has 2 rings (SSSR count). The van der Waals surface area contributed by atoms with Gasteiger partial charge in [0.25, 0.3) is 5.78 Å². The van der Waals surface area contributed by atoms with Gasteiger partial charge in [0, 0.05) is 12.5 Å². The fourth-order valence-corrected chi connectivity index (χ4v) is 1.74. The number of ketones is 1. The van der Waals surface area contributed by atoms with Gasteiger partial charge in [-0.05, 0) is 17.7 Å². The molecule has 0 atom stereocenters. The van der Waals surface area contributed by atoms with Gasteiger partial charge in [0.2, 0.25) is 0 Å². The molecule has 1 heterocycles. The number of carbonyl (C=O) groups excluding carboxylic acids is 2. The lowest BCUT2D eigenvalue weighted by atomic mass is 10.1. The van der Waals surface area contributed by atoms with Gasteiger partial charge in [-0.2, -0.15) is 0 Å². The van der Waals surface area contributed by atoms with Crippen molar-refractivity contribution >= 4 is 17.5 Å². The molecule has 1 aromatic carbocycles. The number of ether oxygens (including phenoxy) is 1. The Hall–Kier alpha value is -2.96. The standard InChI is InChI=1S/C15H12FNO5/c1-21-15(20)12(19)7-11(18)14-13(22-8-17-14)6-9-2-4-10(16)5-3-9/h2-5,7-8,18H,6H2,1H3. The Morgan fingerprint density at radius 3 is 2.68 bits per heavy atom. The molecule has 114 valence electrons. The molecule has 0 amide bonds. The van der Waals surface area contributed by atoms with Crippen molar-refractivity contribution in [3.8, 4) is 0 Å². The van der Waals surface area contributed by atoms with E-state index in [1.165, 1.54) is 12.1 Å². The Morgan fingerprint density at radius 2 is 2.05 bits per heavy atom. The van der Waals surface area contributed by atoms with Gasteiger partial charge in [-0.15, -0.1) is 0 Å². The summed E-state index contributed by atoms with van der Waals surface area (Å²) < 4.78 is 22.3. The van der Waals surface area contributed by atoms with Crippen LogP contribution in [0.15, 0.2) is 41.2 Å². The van der Waals surface area contributed by atoms with Gasteiger partial charge < -0.3 is 14.3 Å². The van der Waals surface area contributed by atoms with E-state index in [0.29, 0.717) is 6.08 Å². The summed E-state index contributed by atoms with van der Waals surface area (Å²) in [5.74, 6) is -2.72. The summed E-state index contributed by atoms with van der Waals surface area (Å²) in [4.78, 5) is 26.2. The summed E-state index contributed by atoms with van der Waals surface area (Å²) in [7, 11) is 1.06. The highest BCUT2D eigenvalue weighted by molar-refractivity contribution is 6.39. The van der Waals surface area contributed by atoms with Crippen LogP contribution in [0, 0.1) is 5.82 Å². The maximum absolute atomic E-state index is 12.9. The van der Waals surface area contributed by atoms with E-state index >= 15 is 0 Å². The van der Waals surface area contributed by atoms with Gasteiger partial charge in [0.1, 0.15) is 23.0 Å². The number of hydrogen-bond acceptors (Lipinski definition) is 6. The number of carbonyl (C=O) groups is 2. The number of esters is 1. The highest BCUT2D eigenvalue weighted by Gasteiger charge is 2.17. The fourth-order valence-electron chi connectivity index (χ4n) is 1.74. The molecular formula is C15H12FNO5. The number of hydrogen-bond donors (Lipinski definition) is 1. The zero-order chi connectivity index (χ0) is 16.1. The molecule has 0 radical (unpaired) electrons. The molecule has 1 aromatic heterocycles. The Kier molecular flexibility index (Phi) is 4.67. The van der Waals surface area contributed by atoms with E-state index in [-0.39, 0.29) is 23.7 Å². The largest absolute Gasteiger partial charge is 0.505 e. The van der Waals surface area contributed by atoms with Gasteiger partial charge in [-0.1, -0.05) is 12.1 Å². The second-order valence-corrected chi connectivity index (χ2v) is 4.31. The molecule has 0 aliphatic rings. The average Bonchev–Trinajstić information content (AvgIpc) is 2.96. The van der Waals surface area contributed by atoms with Crippen LogP contribution in [0.1, 0.15) is 17.0 Å². The molecule has 0 saturated heterocycles. The van der Waals surface area contributed by atoms with Crippen molar-refractivity contribution in [3.05, 3.63) is 59.6 Å². The topological polar surface area (TPSA) is 89.6 Å². The number of halogens is 1. The van der Waals surface area contributed by atoms with Gasteiger partial charge in [-0.25, -0.2) is 14.2 Å². The molecule has 6 nitrogen and oxygen atoms in total. The third kappa shape index (κ3) is 3.57. The van der Waals surface area contributed by atoms with E-state index in [0.717, 1.165) is 19.1 Å². The fraction of sp³-hybridized carbons (Fsp3) is 0.133. The predicted octanol–water partition coefficient (Wildman–Crippen LogP) is 2.05. The van der Waals surface area contributed by atoms with Crippen LogP contribution in [0.2, 0.25) is 0 Å². The number of methoxy groups -OCH3 is 1. The van der Waals surface area contributed by atoms with Crippen LogP contribution in [0.3, 0.4) is 0 Å². The van der Waals surface area contributed by atoms with Crippen molar-refractivity contribution in [1.82, 2.24) is 4.98 Å². The molecule has 7 heteroatoms. The number of aliphatic hydroxyl groups is 1. The van der Waals surface area contributed by atoms with Gasteiger partial charge >= 0.3 is 5.97 Å². The number of aliphatic hydroxyl groups excluding tert-OH is 1. The summed E-state index contributed by atoms with van der Waals surface area (Å²) in [6, 6.07) is 5.70. The molecule has 0 spiro atoms. The van der Waals surface area contributed by atoms with Crippen LogP contribution in [0.5, 0.6) is 0 Å². The van der Waals surface area contributed by atoms with Crippen LogP contribution >= 0.6 is 0 Å². The quantitative estimate of drug-likeness (QED) is 0.393. The Labute approximate surface area is 124 Å². The summed E-state index contributed by atoms with van der Waals surface area (Å²) >= 11 is 0. The SMILES string of the molecule is COC(=O)C(=O)C=C(O)c1ncoc1Cc1ccc(F)cc1. The van der Waals surface area contributed by atoms with Crippen LogP contribution in [-0.2, 0) is 20.7 Å². The van der Waals surface area contributed by atoms with Crippen LogP contribution in [0.25, 0.3) is 5.76 Å². The number of rotatable bonds is 5. The van der Waals surface area contributed by atoms with Crippen molar-refractivity contribution < 1.29 is 28.2 Å². The molecule has 0 unspecified atom stereocenters. The molecule has 0 aliphatic heterocycles. The second kappa shape index (κ2) is 6.66. The number of oxazole rings is 1. The van der Waals surface area contributed by atoms with Crippen LogP contribution < -0.4 is 0 Å². The summed E-state index contributed by atoms with van der Waals surface area (Å²) in [6.07, 6.45) is 2.04. The van der Waals surface area contributed by atoms with Crippen molar-refractivity contribution in [2.45, 2.75) is 6.42 Å². The third-order valence-electron chi connectivity index (χ3n) is 2.82. The minimum absolute atomic E-state index is 0.0292. The van der Waals surface area contributed by atoms with Gasteiger partial charge in [-0.3, -0.25) is 4.79 Å². The summed E-state index contributed by atoms with van der Waals surface area (Å²) in [5, 5.41) is 9.88. The second-order valence-electron chi connectivity index (χ2n) is 4.31. The minimum atomic E-state index is -1.10. The molecule has 0 fully saturated rings. The smallest absolute Gasteiger partial charge is 0.378 e. The maximum Gasteiger partial charge on any atom is 0.378 e. The normalized spacial score (nSPS) is 11.3. The first kappa shape index (κ1) is 15.4. The summed E-state index contributed by atoms with van der Waals surface area (Å²) in [5.41, 5.74) is 0.757. The number of aromatic nitrogens is 1. The minimum Gasteiger partial charge on any atom is -0.505 e.